The van der Waals surface area contributed by atoms with Gasteiger partial charge < -0.3 is 15.5 Å². The minimum Gasteiger partial charge on any atom is -0.320 e. The molecule has 0 aromatic rings. The second-order valence-corrected chi connectivity index (χ2v) is 4.60. The third-order valence-electron chi connectivity index (χ3n) is 2.23. The fourth-order valence-corrected chi connectivity index (χ4v) is 1.86. The van der Waals surface area contributed by atoms with E-state index < -0.39 is 18.8 Å². The molecule has 80 valence electrons. The average Bonchev–Trinajstić information content (AvgIpc) is 2.00. The Morgan fingerprint density at radius 3 is 1.69 bits per heavy atom. The van der Waals surface area contributed by atoms with E-state index in [-0.39, 0.29) is 12.8 Å². The molecule has 0 bridgehead atoms. The van der Waals surface area contributed by atoms with Gasteiger partial charge in [0.25, 0.3) is 0 Å². The van der Waals surface area contributed by atoms with Crippen molar-refractivity contribution in [3.05, 3.63) is 0 Å². The summed E-state index contributed by atoms with van der Waals surface area (Å²) in [5.41, 5.74) is -1.08. The highest BCUT2D eigenvalue weighted by molar-refractivity contribution is 7.53. The molecule has 0 saturated carbocycles. The number of hydrogen-bond acceptors (Lipinski definition) is 2. The molecule has 0 aromatic heterocycles. The molecular weight excluding hydrogens is 203 g/mol. The van der Waals surface area contributed by atoms with E-state index >= 15 is 0 Å². The third-order valence-corrected chi connectivity index (χ3v) is 3.40. The SMILES string of the molecule is CCC(N)(CC)C(F)(F)P(=O)(O)O. The van der Waals surface area contributed by atoms with Crippen LogP contribution >= 0.6 is 7.60 Å². The van der Waals surface area contributed by atoms with E-state index in [0.717, 1.165) is 0 Å². The van der Waals surface area contributed by atoms with Crippen LogP contribution in [0.1, 0.15) is 26.7 Å². The van der Waals surface area contributed by atoms with Crippen LogP contribution in [0.25, 0.3) is 0 Å². The van der Waals surface area contributed by atoms with Crippen LogP contribution in [0.2, 0.25) is 0 Å². The lowest BCUT2D eigenvalue weighted by Gasteiger charge is -2.35. The second kappa shape index (κ2) is 3.61. The summed E-state index contributed by atoms with van der Waals surface area (Å²) >= 11 is 0. The van der Waals surface area contributed by atoms with Crippen molar-refractivity contribution < 1.29 is 23.1 Å². The molecule has 0 aliphatic carbocycles. The molecule has 4 nitrogen and oxygen atoms in total. The van der Waals surface area contributed by atoms with Gasteiger partial charge in [0.2, 0.25) is 0 Å². The van der Waals surface area contributed by atoms with Gasteiger partial charge in [-0.2, -0.15) is 8.78 Å². The van der Waals surface area contributed by atoms with Crippen LogP contribution in [0.15, 0.2) is 0 Å². The Labute approximate surface area is 75.3 Å². The Morgan fingerprint density at radius 2 is 1.62 bits per heavy atom. The molecule has 0 spiro atoms. The van der Waals surface area contributed by atoms with Crippen LogP contribution in [-0.2, 0) is 4.57 Å². The number of halogens is 2. The zero-order valence-corrected chi connectivity index (χ0v) is 8.39. The van der Waals surface area contributed by atoms with Gasteiger partial charge in [-0.3, -0.25) is 4.57 Å². The predicted molar refractivity (Wildman–Crippen MR) is 44.5 cm³/mol. The summed E-state index contributed by atoms with van der Waals surface area (Å²) in [5.74, 6) is 0. The van der Waals surface area contributed by atoms with Gasteiger partial charge in [0, 0.05) is 0 Å². The van der Waals surface area contributed by atoms with Crippen LogP contribution in [-0.4, -0.2) is 21.0 Å². The molecule has 0 saturated heterocycles. The molecule has 0 heterocycles. The highest BCUT2D eigenvalue weighted by Crippen LogP contribution is 2.58. The number of alkyl halides is 2. The summed E-state index contributed by atoms with van der Waals surface area (Å²) < 4.78 is 36.7. The van der Waals surface area contributed by atoms with Gasteiger partial charge in [-0.05, 0) is 12.8 Å². The van der Waals surface area contributed by atoms with E-state index in [1.807, 2.05) is 0 Å². The van der Waals surface area contributed by atoms with E-state index in [9.17, 15) is 13.3 Å². The zero-order chi connectivity index (χ0) is 10.9. The average molecular weight is 217 g/mol. The summed E-state index contributed by atoms with van der Waals surface area (Å²) in [7, 11) is -5.48. The molecule has 0 unspecified atom stereocenters. The van der Waals surface area contributed by atoms with Gasteiger partial charge in [-0.1, -0.05) is 13.8 Å². The van der Waals surface area contributed by atoms with Crippen LogP contribution in [0.5, 0.6) is 0 Å². The Hall–Kier alpha value is -0.0300. The van der Waals surface area contributed by atoms with E-state index in [1.54, 1.807) is 0 Å². The maximum Gasteiger partial charge on any atom is 0.396 e. The van der Waals surface area contributed by atoms with Crippen molar-refractivity contribution in [2.45, 2.75) is 37.9 Å². The van der Waals surface area contributed by atoms with Gasteiger partial charge in [0.1, 0.15) is 0 Å². The quantitative estimate of drug-likeness (QED) is 0.619. The second-order valence-electron chi connectivity index (χ2n) is 2.95. The summed E-state index contributed by atoms with van der Waals surface area (Å²) in [6.07, 6.45) is -0.386. The molecule has 7 heteroatoms. The molecule has 4 N–H and O–H groups in total. The summed E-state index contributed by atoms with van der Waals surface area (Å²) in [6, 6.07) is 0. The normalized spacial score (nSPS) is 14.7. The number of nitrogens with two attached hydrogens (primary N) is 1. The first-order chi connectivity index (χ1) is 5.62. The predicted octanol–water partition coefficient (Wildman–Crippen LogP) is 1.27. The molecule has 13 heavy (non-hydrogen) atoms. The van der Waals surface area contributed by atoms with Crippen LogP contribution in [0.3, 0.4) is 0 Å². The fraction of sp³-hybridized carbons (Fsp3) is 1.00. The van der Waals surface area contributed by atoms with Crippen molar-refractivity contribution >= 4 is 7.60 Å². The van der Waals surface area contributed by atoms with Crippen molar-refractivity contribution in [1.82, 2.24) is 0 Å². The Bertz CT molecular complexity index is 224. The van der Waals surface area contributed by atoms with Crippen LogP contribution in [0.4, 0.5) is 8.78 Å². The topological polar surface area (TPSA) is 83.6 Å². The highest BCUT2D eigenvalue weighted by atomic mass is 31.2. The minimum atomic E-state index is -5.48. The first-order valence-electron chi connectivity index (χ1n) is 3.84. The number of hydrogen-bond donors (Lipinski definition) is 3. The Balaban J connectivity index is 5.12. The smallest absolute Gasteiger partial charge is 0.320 e. The highest BCUT2D eigenvalue weighted by Gasteiger charge is 2.61. The zero-order valence-electron chi connectivity index (χ0n) is 7.50. The van der Waals surface area contributed by atoms with Crippen molar-refractivity contribution in [2.24, 2.45) is 5.73 Å². The van der Waals surface area contributed by atoms with E-state index in [1.165, 1.54) is 13.8 Å². The van der Waals surface area contributed by atoms with Crippen molar-refractivity contribution in [3.8, 4) is 0 Å². The molecule has 0 rings (SSSR count). The molecule has 0 aliphatic rings. The monoisotopic (exact) mass is 217 g/mol. The third kappa shape index (κ3) is 2.07. The first-order valence-corrected chi connectivity index (χ1v) is 5.46. The van der Waals surface area contributed by atoms with E-state index in [0.29, 0.717) is 0 Å². The van der Waals surface area contributed by atoms with Crippen molar-refractivity contribution in [2.75, 3.05) is 0 Å². The molecule has 0 radical (unpaired) electrons. The largest absolute Gasteiger partial charge is 0.396 e. The molecule has 0 atom stereocenters. The van der Waals surface area contributed by atoms with E-state index in [2.05, 4.69) is 0 Å². The van der Waals surface area contributed by atoms with Gasteiger partial charge in [0.05, 0.1) is 5.54 Å². The van der Waals surface area contributed by atoms with Crippen molar-refractivity contribution in [1.29, 1.82) is 0 Å². The molecule has 0 fully saturated rings. The first kappa shape index (κ1) is 13.0. The van der Waals surface area contributed by atoms with Crippen LogP contribution < -0.4 is 5.73 Å². The molecule has 0 amide bonds. The summed E-state index contributed by atoms with van der Waals surface area (Å²) in [6.45, 7) is 2.74. The summed E-state index contributed by atoms with van der Waals surface area (Å²) in [4.78, 5) is 16.8. The Morgan fingerprint density at radius 1 is 1.31 bits per heavy atom. The molecule has 0 aromatic carbocycles. The van der Waals surface area contributed by atoms with Crippen molar-refractivity contribution in [3.63, 3.8) is 0 Å². The number of rotatable bonds is 4. The summed E-state index contributed by atoms with van der Waals surface area (Å²) in [5, 5.41) is 0. The maximum absolute atomic E-state index is 13.1. The van der Waals surface area contributed by atoms with E-state index in [4.69, 9.17) is 15.5 Å². The minimum absolute atomic E-state index is 0.193. The van der Waals surface area contributed by atoms with Gasteiger partial charge >= 0.3 is 13.3 Å². The lowest BCUT2D eigenvalue weighted by atomic mass is 9.95. The lowest BCUT2D eigenvalue weighted by molar-refractivity contribution is -0.0215. The molecule has 0 aliphatic heterocycles. The van der Waals surface area contributed by atoms with Gasteiger partial charge in [0.15, 0.2) is 0 Å². The van der Waals surface area contributed by atoms with Gasteiger partial charge in [-0.25, -0.2) is 0 Å². The fourth-order valence-electron chi connectivity index (χ4n) is 0.965. The van der Waals surface area contributed by atoms with Gasteiger partial charge in [-0.15, -0.1) is 0 Å². The maximum atomic E-state index is 13.1. The van der Waals surface area contributed by atoms with Crippen LogP contribution in [0, 0.1) is 0 Å². The Kier molecular flexibility index (Phi) is 3.60. The standard InChI is InChI=1S/C6H14F2NO3P/c1-3-5(9,4-2)6(7,8)13(10,11)12/h3-4,9H2,1-2H3,(H2,10,11,12). The molecular formula is C6H14F2NO3P. The lowest BCUT2D eigenvalue weighted by Crippen LogP contribution is -2.54.